The van der Waals surface area contributed by atoms with Crippen molar-refractivity contribution in [1.29, 1.82) is 0 Å². The van der Waals surface area contributed by atoms with Crippen molar-refractivity contribution >= 4 is 86.4 Å². The van der Waals surface area contributed by atoms with Crippen LogP contribution < -0.4 is 10.6 Å². The average Bonchev–Trinajstić information content (AvgIpc) is 3.22. The SMILES string of the molecule is CNC(=O)c1cccc2sc(-c3nc(NCCCN4CCN(C)CC4)ncc3Br)cc12.Cl.Cl.Cl. The van der Waals surface area contributed by atoms with Crippen molar-refractivity contribution in [2.75, 3.05) is 58.7 Å². The lowest BCUT2D eigenvalue weighted by Crippen LogP contribution is -2.44. The second-order valence-corrected chi connectivity index (χ2v) is 9.66. The van der Waals surface area contributed by atoms with E-state index in [0.717, 1.165) is 70.8 Å². The van der Waals surface area contributed by atoms with Crippen LogP contribution in [-0.4, -0.2) is 79.0 Å². The van der Waals surface area contributed by atoms with Gasteiger partial charge in [-0.25, -0.2) is 9.97 Å². The second-order valence-electron chi connectivity index (χ2n) is 7.72. The molecule has 7 nitrogen and oxygen atoms in total. The molecule has 1 amide bonds. The van der Waals surface area contributed by atoms with Crippen LogP contribution in [0.4, 0.5) is 5.95 Å². The fourth-order valence-corrected chi connectivity index (χ4v) is 5.34. The summed E-state index contributed by atoms with van der Waals surface area (Å²) in [4.78, 5) is 27.3. The van der Waals surface area contributed by atoms with Crippen LogP contribution in [0.3, 0.4) is 0 Å². The van der Waals surface area contributed by atoms with E-state index in [-0.39, 0.29) is 43.1 Å². The number of halogens is 4. The van der Waals surface area contributed by atoms with E-state index in [9.17, 15) is 4.79 Å². The highest BCUT2D eigenvalue weighted by Gasteiger charge is 2.16. The summed E-state index contributed by atoms with van der Waals surface area (Å²) in [5.74, 6) is 0.542. The molecule has 0 unspecified atom stereocenters. The lowest BCUT2D eigenvalue weighted by Gasteiger charge is -2.32. The third-order valence-electron chi connectivity index (χ3n) is 5.54. The molecule has 3 aromatic rings. The molecule has 2 N–H and O–H groups in total. The number of carbonyl (C=O) groups is 1. The average molecular weight is 613 g/mol. The van der Waals surface area contributed by atoms with Crippen molar-refractivity contribution in [3.05, 3.63) is 40.5 Å². The molecule has 1 aliphatic rings. The molecular formula is C22H30BrCl3N6OS. The number of anilines is 1. The quantitative estimate of drug-likeness (QED) is 0.374. The molecule has 3 heterocycles. The molecule has 0 aliphatic carbocycles. The highest BCUT2D eigenvalue weighted by Crippen LogP contribution is 2.37. The smallest absolute Gasteiger partial charge is 0.251 e. The van der Waals surface area contributed by atoms with Crippen LogP contribution in [0.5, 0.6) is 0 Å². The van der Waals surface area contributed by atoms with Crippen LogP contribution in [0.15, 0.2) is 34.9 Å². The number of amides is 1. The summed E-state index contributed by atoms with van der Waals surface area (Å²) >= 11 is 5.21. The molecule has 4 rings (SSSR count). The van der Waals surface area contributed by atoms with Gasteiger partial charge in [-0.2, -0.15) is 0 Å². The molecular weight excluding hydrogens is 583 g/mol. The minimum Gasteiger partial charge on any atom is -0.355 e. The molecule has 0 atom stereocenters. The summed E-state index contributed by atoms with van der Waals surface area (Å²) in [6, 6.07) is 7.83. The number of hydrogen-bond acceptors (Lipinski definition) is 7. The second kappa shape index (κ2) is 14.4. The lowest BCUT2D eigenvalue weighted by atomic mass is 10.1. The Bertz CT molecular complexity index is 1080. The van der Waals surface area contributed by atoms with E-state index in [1.165, 1.54) is 0 Å². The van der Waals surface area contributed by atoms with Crippen molar-refractivity contribution in [3.63, 3.8) is 0 Å². The Morgan fingerprint density at radius 2 is 1.91 bits per heavy atom. The Labute approximate surface area is 231 Å². The van der Waals surface area contributed by atoms with Crippen LogP contribution in [0.25, 0.3) is 20.7 Å². The zero-order chi connectivity index (χ0) is 21.8. The monoisotopic (exact) mass is 610 g/mol. The maximum absolute atomic E-state index is 12.2. The number of nitrogens with zero attached hydrogens (tertiary/aromatic N) is 4. The molecule has 34 heavy (non-hydrogen) atoms. The minimum absolute atomic E-state index is 0. The van der Waals surface area contributed by atoms with E-state index >= 15 is 0 Å². The van der Waals surface area contributed by atoms with Gasteiger partial charge in [0, 0.05) is 61.6 Å². The fraction of sp³-hybridized carbons (Fsp3) is 0.409. The summed E-state index contributed by atoms with van der Waals surface area (Å²) in [5.41, 5.74) is 1.51. The van der Waals surface area contributed by atoms with Gasteiger partial charge < -0.3 is 20.4 Å². The molecule has 1 saturated heterocycles. The first kappa shape index (κ1) is 30.8. The molecule has 1 aliphatic heterocycles. The van der Waals surface area contributed by atoms with Crippen LogP contribution >= 0.6 is 64.5 Å². The standard InChI is InChI=1S/C22H27BrN6OS.3ClH/c1-24-21(30)15-5-3-6-18-16(15)13-19(31-18)20-17(23)14-26-22(27-20)25-7-4-8-29-11-9-28(2)10-12-29;;;/h3,5-6,13-14H,4,7-12H2,1-2H3,(H,24,30)(H,25,26,27);3*1H. The summed E-state index contributed by atoms with van der Waals surface area (Å²) in [5, 5.41) is 7.01. The molecule has 12 heteroatoms. The number of piperazine rings is 1. The topological polar surface area (TPSA) is 73.4 Å². The zero-order valence-corrected chi connectivity index (χ0v) is 23.9. The molecule has 0 spiro atoms. The first-order chi connectivity index (χ1) is 15.0. The Hall–Kier alpha value is -1.20. The maximum Gasteiger partial charge on any atom is 0.251 e. The number of hydrogen-bond donors (Lipinski definition) is 2. The largest absolute Gasteiger partial charge is 0.355 e. The molecule has 0 saturated carbocycles. The summed E-state index contributed by atoms with van der Waals surface area (Å²) in [6.45, 7) is 6.48. The van der Waals surface area contributed by atoms with E-state index < -0.39 is 0 Å². The number of carbonyl (C=O) groups excluding carboxylic acids is 1. The number of benzene rings is 1. The Morgan fingerprint density at radius 1 is 1.18 bits per heavy atom. The van der Waals surface area contributed by atoms with Gasteiger partial charge >= 0.3 is 0 Å². The predicted molar refractivity (Wildman–Crippen MR) is 153 cm³/mol. The van der Waals surface area contributed by atoms with Gasteiger partial charge in [0.05, 0.1) is 9.35 Å². The number of nitrogens with one attached hydrogen (secondary N) is 2. The Kier molecular flexibility index (Phi) is 13.0. The van der Waals surface area contributed by atoms with Crippen LogP contribution in [0.2, 0.25) is 0 Å². The van der Waals surface area contributed by atoms with Crippen molar-refractivity contribution in [2.45, 2.75) is 6.42 Å². The fourth-order valence-electron chi connectivity index (χ4n) is 3.71. The van der Waals surface area contributed by atoms with Crippen molar-refractivity contribution in [1.82, 2.24) is 25.1 Å². The van der Waals surface area contributed by atoms with E-state index in [4.69, 9.17) is 4.98 Å². The number of thiophene rings is 1. The molecule has 1 aromatic carbocycles. The molecule has 0 radical (unpaired) electrons. The highest BCUT2D eigenvalue weighted by molar-refractivity contribution is 9.10. The first-order valence-electron chi connectivity index (χ1n) is 10.5. The number of rotatable bonds is 7. The highest BCUT2D eigenvalue weighted by atomic mass is 79.9. The zero-order valence-electron chi connectivity index (χ0n) is 19.0. The Balaban J connectivity index is 0.00000193. The summed E-state index contributed by atoms with van der Waals surface area (Å²) in [7, 11) is 3.83. The van der Waals surface area contributed by atoms with Crippen molar-refractivity contribution in [3.8, 4) is 10.6 Å². The maximum atomic E-state index is 12.2. The Morgan fingerprint density at radius 3 is 2.62 bits per heavy atom. The van der Waals surface area contributed by atoms with Gasteiger partial charge in [-0.05, 0) is 54.1 Å². The molecule has 1 fully saturated rings. The lowest BCUT2D eigenvalue weighted by molar-refractivity contribution is 0.0964. The number of aromatic nitrogens is 2. The van der Waals surface area contributed by atoms with Gasteiger partial charge in [-0.3, -0.25) is 4.79 Å². The van der Waals surface area contributed by atoms with Gasteiger partial charge in [0.15, 0.2) is 0 Å². The van der Waals surface area contributed by atoms with Crippen LogP contribution in [-0.2, 0) is 0 Å². The third kappa shape index (κ3) is 7.40. The van der Waals surface area contributed by atoms with E-state index in [1.807, 2.05) is 24.3 Å². The number of fused-ring (bicyclic) bond motifs is 1. The van der Waals surface area contributed by atoms with Gasteiger partial charge in [0.1, 0.15) is 5.69 Å². The first-order valence-corrected chi connectivity index (χ1v) is 12.1. The molecule has 2 aromatic heterocycles. The summed E-state index contributed by atoms with van der Waals surface area (Å²) < 4.78 is 1.90. The van der Waals surface area contributed by atoms with Crippen molar-refractivity contribution < 1.29 is 4.79 Å². The third-order valence-corrected chi connectivity index (χ3v) is 7.23. The predicted octanol–water partition coefficient (Wildman–Crippen LogP) is 4.80. The molecule has 0 bridgehead atoms. The minimum atomic E-state index is -0.0839. The van der Waals surface area contributed by atoms with E-state index in [0.29, 0.717) is 11.5 Å². The summed E-state index contributed by atoms with van der Waals surface area (Å²) in [6.07, 6.45) is 2.84. The van der Waals surface area contributed by atoms with E-state index in [2.05, 4.69) is 48.4 Å². The van der Waals surface area contributed by atoms with Crippen LogP contribution in [0.1, 0.15) is 16.8 Å². The molecule has 188 valence electrons. The van der Waals surface area contributed by atoms with Gasteiger partial charge in [-0.1, -0.05) is 6.07 Å². The number of likely N-dealkylation sites (N-methyl/N-ethyl adjacent to an activating group) is 1. The normalized spacial score (nSPS) is 14.0. The van der Waals surface area contributed by atoms with Crippen molar-refractivity contribution in [2.24, 2.45) is 0 Å². The van der Waals surface area contributed by atoms with Crippen LogP contribution in [0, 0.1) is 0 Å². The van der Waals surface area contributed by atoms with Gasteiger partial charge in [-0.15, -0.1) is 48.6 Å². The van der Waals surface area contributed by atoms with Gasteiger partial charge in [0.25, 0.3) is 5.91 Å². The van der Waals surface area contributed by atoms with Gasteiger partial charge in [0.2, 0.25) is 5.95 Å². The van der Waals surface area contributed by atoms with E-state index in [1.54, 1.807) is 24.6 Å².